The highest BCUT2D eigenvalue weighted by molar-refractivity contribution is 6.35. The van der Waals surface area contributed by atoms with Crippen molar-refractivity contribution in [2.75, 3.05) is 7.11 Å². The molecule has 1 aromatic rings. The molecule has 0 amide bonds. The fraction of sp³-hybridized carbons (Fsp3) is 0.364. The van der Waals surface area contributed by atoms with Gasteiger partial charge in [-0.15, -0.1) is 0 Å². The highest BCUT2D eigenvalue weighted by atomic mass is 35.5. The van der Waals surface area contributed by atoms with Gasteiger partial charge in [0.25, 0.3) is 0 Å². The Labute approximate surface area is 109 Å². The average molecular weight is 278 g/mol. The molecule has 0 fully saturated rings. The molecule has 0 aliphatic heterocycles. The largest absolute Gasteiger partial charge is 0.506 e. The summed E-state index contributed by atoms with van der Waals surface area (Å²) in [5, 5.41) is 13.2. The maximum atomic E-state index is 11.2. The molecular formula is C11H13Cl2NO3. The lowest BCUT2D eigenvalue weighted by Crippen LogP contribution is -2.34. The molecule has 0 radical (unpaired) electrons. The van der Waals surface area contributed by atoms with Crippen molar-refractivity contribution in [1.82, 2.24) is 5.32 Å². The fourth-order valence-corrected chi connectivity index (χ4v) is 1.81. The number of phenols is 1. The van der Waals surface area contributed by atoms with Crippen LogP contribution in [0.3, 0.4) is 0 Å². The van der Waals surface area contributed by atoms with Crippen molar-refractivity contribution in [3.63, 3.8) is 0 Å². The van der Waals surface area contributed by atoms with Gasteiger partial charge in [-0.25, -0.2) is 0 Å². The van der Waals surface area contributed by atoms with Crippen LogP contribution >= 0.6 is 23.2 Å². The van der Waals surface area contributed by atoms with Crippen LogP contribution in [0.2, 0.25) is 10.0 Å². The number of aromatic hydroxyl groups is 1. The van der Waals surface area contributed by atoms with E-state index in [0.29, 0.717) is 10.6 Å². The van der Waals surface area contributed by atoms with Crippen LogP contribution in [0.5, 0.6) is 5.75 Å². The van der Waals surface area contributed by atoms with E-state index < -0.39 is 6.04 Å². The Morgan fingerprint density at radius 1 is 1.53 bits per heavy atom. The van der Waals surface area contributed by atoms with Crippen molar-refractivity contribution in [2.24, 2.45) is 0 Å². The van der Waals surface area contributed by atoms with E-state index >= 15 is 0 Å². The number of halogens is 2. The number of hydrogen-bond acceptors (Lipinski definition) is 4. The topological polar surface area (TPSA) is 58.6 Å². The number of ether oxygens (including phenoxy) is 1. The van der Waals surface area contributed by atoms with E-state index in [0.717, 1.165) is 0 Å². The lowest BCUT2D eigenvalue weighted by atomic mass is 10.2. The van der Waals surface area contributed by atoms with Gasteiger partial charge in [-0.3, -0.25) is 4.79 Å². The number of methoxy groups -OCH3 is 1. The first-order valence-electron chi connectivity index (χ1n) is 4.93. The van der Waals surface area contributed by atoms with E-state index in [1.54, 1.807) is 13.0 Å². The summed E-state index contributed by atoms with van der Waals surface area (Å²) in [6.45, 7) is 1.93. The standard InChI is InChI=1S/C11H13Cl2NO3/c1-6(11(16)17-2)14-5-7-3-8(12)4-9(13)10(7)15/h3-4,6,14-15H,5H2,1-2H3. The number of esters is 1. The first kappa shape index (κ1) is 14.1. The lowest BCUT2D eigenvalue weighted by Gasteiger charge is -2.13. The summed E-state index contributed by atoms with van der Waals surface area (Å²) in [5.74, 6) is -0.418. The van der Waals surface area contributed by atoms with Crippen molar-refractivity contribution >= 4 is 29.2 Å². The minimum absolute atomic E-state index is 0.0411. The number of phenolic OH excluding ortho intramolecular Hbond substituents is 1. The molecule has 0 heterocycles. The van der Waals surface area contributed by atoms with E-state index in [4.69, 9.17) is 23.2 Å². The van der Waals surface area contributed by atoms with Gasteiger partial charge in [0, 0.05) is 17.1 Å². The zero-order valence-electron chi connectivity index (χ0n) is 9.46. The second-order valence-corrected chi connectivity index (χ2v) is 4.36. The molecule has 1 aromatic carbocycles. The number of benzene rings is 1. The third kappa shape index (κ3) is 3.77. The van der Waals surface area contributed by atoms with Crippen LogP contribution < -0.4 is 5.32 Å². The van der Waals surface area contributed by atoms with Crippen LogP contribution in [0.4, 0.5) is 0 Å². The van der Waals surface area contributed by atoms with E-state index in [1.807, 2.05) is 0 Å². The maximum Gasteiger partial charge on any atom is 0.322 e. The summed E-state index contributed by atoms with van der Waals surface area (Å²) in [7, 11) is 1.31. The Morgan fingerprint density at radius 2 is 2.18 bits per heavy atom. The smallest absolute Gasteiger partial charge is 0.322 e. The van der Waals surface area contributed by atoms with Crippen LogP contribution in [-0.4, -0.2) is 24.2 Å². The van der Waals surface area contributed by atoms with Gasteiger partial charge < -0.3 is 15.2 Å². The molecule has 94 valence electrons. The van der Waals surface area contributed by atoms with Gasteiger partial charge in [-0.1, -0.05) is 23.2 Å². The second kappa shape index (κ2) is 6.10. The third-order valence-corrected chi connectivity index (χ3v) is 2.77. The van der Waals surface area contributed by atoms with E-state index in [2.05, 4.69) is 10.1 Å². The number of nitrogens with one attached hydrogen (secondary N) is 1. The van der Waals surface area contributed by atoms with Crippen molar-refractivity contribution in [1.29, 1.82) is 0 Å². The molecule has 4 nitrogen and oxygen atoms in total. The number of hydrogen-bond donors (Lipinski definition) is 2. The number of carbonyl (C=O) groups excluding carboxylic acids is 1. The molecule has 0 bridgehead atoms. The fourth-order valence-electron chi connectivity index (χ4n) is 1.28. The Hall–Kier alpha value is -0.970. The summed E-state index contributed by atoms with van der Waals surface area (Å²) in [6, 6.07) is 2.56. The Morgan fingerprint density at radius 3 is 2.76 bits per heavy atom. The predicted octanol–water partition coefficient (Wildman–Crippen LogP) is 2.35. The minimum Gasteiger partial charge on any atom is -0.506 e. The van der Waals surface area contributed by atoms with Crippen LogP contribution in [0, 0.1) is 0 Å². The number of rotatable bonds is 4. The van der Waals surface area contributed by atoms with Gasteiger partial charge in [0.1, 0.15) is 11.8 Å². The van der Waals surface area contributed by atoms with Gasteiger partial charge in [0.05, 0.1) is 12.1 Å². The molecule has 6 heteroatoms. The van der Waals surface area contributed by atoms with Crippen molar-refractivity contribution in [2.45, 2.75) is 19.5 Å². The normalized spacial score (nSPS) is 12.2. The molecule has 0 aliphatic carbocycles. The van der Waals surface area contributed by atoms with Gasteiger partial charge in [0.2, 0.25) is 0 Å². The quantitative estimate of drug-likeness (QED) is 0.830. The predicted molar refractivity (Wildman–Crippen MR) is 66.4 cm³/mol. The third-order valence-electron chi connectivity index (χ3n) is 2.26. The SMILES string of the molecule is COC(=O)C(C)NCc1cc(Cl)cc(Cl)c1O. The van der Waals surface area contributed by atoms with Crippen LogP contribution in [0.25, 0.3) is 0 Å². The second-order valence-electron chi connectivity index (χ2n) is 3.52. The van der Waals surface area contributed by atoms with Gasteiger partial charge in [-0.2, -0.15) is 0 Å². The van der Waals surface area contributed by atoms with E-state index in [9.17, 15) is 9.90 Å². The van der Waals surface area contributed by atoms with Crippen molar-refractivity contribution < 1.29 is 14.6 Å². The van der Waals surface area contributed by atoms with Gasteiger partial charge in [0.15, 0.2) is 0 Å². The van der Waals surface area contributed by atoms with Crippen LogP contribution in [0.15, 0.2) is 12.1 Å². The minimum atomic E-state index is -0.475. The molecule has 17 heavy (non-hydrogen) atoms. The Bertz CT molecular complexity index is 423. The van der Waals surface area contributed by atoms with Crippen molar-refractivity contribution in [3.05, 3.63) is 27.7 Å². The lowest BCUT2D eigenvalue weighted by molar-refractivity contribution is -0.142. The van der Waals surface area contributed by atoms with Crippen molar-refractivity contribution in [3.8, 4) is 5.75 Å². The van der Waals surface area contributed by atoms with Gasteiger partial charge in [-0.05, 0) is 19.1 Å². The van der Waals surface area contributed by atoms with Crippen LogP contribution in [0.1, 0.15) is 12.5 Å². The van der Waals surface area contributed by atoms with E-state index in [-0.39, 0.29) is 23.3 Å². The Kier molecular flexibility index (Phi) is 5.05. The van der Waals surface area contributed by atoms with Gasteiger partial charge >= 0.3 is 5.97 Å². The summed E-state index contributed by atoms with van der Waals surface area (Å²) in [6.07, 6.45) is 0. The first-order valence-corrected chi connectivity index (χ1v) is 5.69. The maximum absolute atomic E-state index is 11.2. The first-order chi connectivity index (χ1) is 7.95. The summed E-state index contributed by atoms with van der Waals surface area (Å²) in [4.78, 5) is 11.2. The molecule has 1 rings (SSSR count). The Balaban J connectivity index is 2.73. The molecule has 2 N–H and O–H groups in total. The number of carbonyl (C=O) groups is 1. The molecule has 1 unspecified atom stereocenters. The summed E-state index contributed by atoms with van der Waals surface area (Å²) < 4.78 is 4.56. The molecule has 1 atom stereocenters. The molecule has 0 aromatic heterocycles. The molecule has 0 saturated heterocycles. The van der Waals surface area contributed by atoms with Crippen LogP contribution in [-0.2, 0) is 16.1 Å². The molecular weight excluding hydrogens is 265 g/mol. The molecule has 0 aliphatic rings. The van der Waals surface area contributed by atoms with E-state index in [1.165, 1.54) is 13.2 Å². The zero-order valence-corrected chi connectivity index (χ0v) is 11.0. The summed E-state index contributed by atoms with van der Waals surface area (Å²) >= 11 is 11.6. The zero-order chi connectivity index (χ0) is 13.0. The highest BCUT2D eigenvalue weighted by Gasteiger charge is 2.14. The monoisotopic (exact) mass is 277 g/mol. The molecule has 0 saturated carbocycles. The molecule has 0 spiro atoms. The summed E-state index contributed by atoms with van der Waals surface area (Å²) in [5.41, 5.74) is 0.526. The average Bonchev–Trinajstić information content (AvgIpc) is 2.30. The highest BCUT2D eigenvalue weighted by Crippen LogP contribution is 2.30.